The Balaban J connectivity index is 2.58. The summed E-state index contributed by atoms with van der Waals surface area (Å²) in [6, 6.07) is 0. The minimum Gasteiger partial charge on any atom is -0.178 e. The summed E-state index contributed by atoms with van der Waals surface area (Å²) in [6.45, 7) is 2.09. The molecule has 3 N–H and O–H groups in total. The number of nitrogens with zero attached hydrogens (tertiary/aromatic N) is 1. The number of hydrazine groups is 3. The molecule has 0 aromatic rings. The molecule has 1 heterocycles. The highest BCUT2D eigenvalue weighted by Gasteiger charge is 2.12. The second kappa shape index (κ2) is 2.00. The van der Waals surface area contributed by atoms with Gasteiger partial charge in [-0.1, -0.05) is 6.92 Å². The van der Waals surface area contributed by atoms with Crippen LogP contribution in [0.3, 0.4) is 0 Å². The second-order valence-corrected chi connectivity index (χ2v) is 1.72. The van der Waals surface area contributed by atoms with Crippen molar-refractivity contribution >= 4 is 5.84 Å². The smallest absolute Gasteiger partial charge is 0.178 e. The summed E-state index contributed by atoms with van der Waals surface area (Å²) < 4.78 is 1.90. The maximum absolute atomic E-state index is 2.94. The van der Waals surface area contributed by atoms with E-state index >= 15 is 0 Å². The standard InChI is InChI=1S/C4H10N4/c1-3-4-5-6-7-8(4)2/h6-7H,3H2,1-2H3/p+1. The van der Waals surface area contributed by atoms with Crippen molar-refractivity contribution in [1.82, 2.24) is 16.5 Å². The third-order valence-electron chi connectivity index (χ3n) is 1.17. The van der Waals surface area contributed by atoms with E-state index in [1.165, 1.54) is 0 Å². The van der Waals surface area contributed by atoms with E-state index in [0.717, 1.165) is 12.3 Å². The highest BCUT2D eigenvalue weighted by atomic mass is 15.8. The molecule has 0 amide bonds. The van der Waals surface area contributed by atoms with Gasteiger partial charge < -0.3 is 0 Å². The van der Waals surface area contributed by atoms with Crippen molar-refractivity contribution in [3.05, 3.63) is 0 Å². The average molecular weight is 115 g/mol. The quantitative estimate of drug-likeness (QED) is 0.382. The summed E-state index contributed by atoms with van der Waals surface area (Å²) in [4.78, 5) is 0. The predicted octanol–water partition coefficient (Wildman–Crippen LogP) is -1.04. The molecule has 0 radical (unpaired) electrons. The monoisotopic (exact) mass is 115 g/mol. The maximum Gasteiger partial charge on any atom is 0.288 e. The summed E-state index contributed by atoms with van der Waals surface area (Å²) in [5, 5.41) is 0. The van der Waals surface area contributed by atoms with Gasteiger partial charge in [-0.05, 0) is 5.53 Å². The van der Waals surface area contributed by atoms with E-state index in [-0.39, 0.29) is 0 Å². The molecule has 1 aliphatic heterocycles. The molecule has 0 fully saturated rings. The van der Waals surface area contributed by atoms with Crippen LogP contribution in [0, 0.1) is 0 Å². The lowest BCUT2D eigenvalue weighted by Gasteiger charge is -1.87. The molecule has 0 saturated carbocycles. The van der Waals surface area contributed by atoms with Gasteiger partial charge in [0, 0.05) is 6.42 Å². The second-order valence-electron chi connectivity index (χ2n) is 1.72. The Kier molecular flexibility index (Phi) is 1.34. The molecular weight excluding hydrogens is 104 g/mol. The third kappa shape index (κ3) is 0.742. The van der Waals surface area contributed by atoms with Crippen LogP contribution in [0.15, 0.2) is 0 Å². The summed E-state index contributed by atoms with van der Waals surface area (Å²) in [5.41, 5.74) is 8.56. The van der Waals surface area contributed by atoms with Gasteiger partial charge >= 0.3 is 0 Å². The van der Waals surface area contributed by atoms with E-state index in [4.69, 9.17) is 0 Å². The van der Waals surface area contributed by atoms with Crippen molar-refractivity contribution in [2.45, 2.75) is 13.3 Å². The van der Waals surface area contributed by atoms with Gasteiger partial charge in [0.15, 0.2) is 0 Å². The number of nitrogens with one attached hydrogen (secondary N) is 3. The van der Waals surface area contributed by atoms with Crippen molar-refractivity contribution in [2.24, 2.45) is 0 Å². The fraction of sp³-hybridized carbons (Fsp3) is 0.750. The van der Waals surface area contributed by atoms with Crippen molar-refractivity contribution in [3.63, 3.8) is 0 Å². The summed E-state index contributed by atoms with van der Waals surface area (Å²) in [6.07, 6.45) is 1.01. The van der Waals surface area contributed by atoms with Crippen LogP contribution in [-0.2, 0) is 0 Å². The van der Waals surface area contributed by atoms with Gasteiger partial charge in [-0.25, -0.2) is 0 Å². The number of hydrogen-bond acceptors (Lipinski definition) is 3. The van der Waals surface area contributed by atoms with E-state index < -0.39 is 0 Å². The van der Waals surface area contributed by atoms with Crippen LogP contribution in [0.5, 0.6) is 0 Å². The Morgan fingerprint density at radius 3 is 2.62 bits per heavy atom. The number of hydrogen-bond donors (Lipinski definition) is 3. The van der Waals surface area contributed by atoms with Gasteiger partial charge in [0.2, 0.25) is 0 Å². The van der Waals surface area contributed by atoms with E-state index in [2.05, 4.69) is 23.4 Å². The number of hydrazone groups is 1. The third-order valence-corrected chi connectivity index (χ3v) is 1.17. The molecular formula is C4H11N4+. The van der Waals surface area contributed by atoms with Crippen LogP contribution in [-0.4, -0.2) is 17.6 Å². The number of rotatable bonds is 1. The lowest BCUT2D eigenvalue weighted by molar-refractivity contribution is -0.560. The van der Waals surface area contributed by atoms with Gasteiger partial charge in [0.25, 0.3) is 5.84 Å². The summed E-state index contributed by atoms with van der Waals surface area (Å²) >= 11 is 0. The zero-order valence-electron chi connectivity index (χ0n) is 5.15. The van der Waals surface area contributed by atoms with E-state index in [1.807, 2.05) is 11.7 Å². The van der Waals surface area contributed by atoms with Gasteiger partial charge in [-0.3, -0.25) is 0 Å². The first-order valence-corrected chi connectivity index (χ1v) is 2.71. The Hall–Kier alpha value is -0.770. The Morgan fingerprint density at radius 1 is 1.62 bits per heavy atom. The van der Waals surface area contributed by atoms with Crippen molar-refractivity contribution in [1.29, 1.82) is 0 Å². The van der Waals surface area contributed by atoms with Gasteiger partial charge in [-0.15, -0.1) is 0 Å². The molecule has 0 aliphatic carbocycles. The Labute approximate surface area is 48.5 Å². The van der Waals surface area contributed by atoms with E-state index in [0.29, 0.717) is 0 Å². The van der Waals surface area contributed by atoms with Crippen molar-refractivity contribution < 1.29 is 4.68 Å². The zero-order chi connectivity index (χ0) is 5.98. The fourth-order valence-electron chi connectivity index (χ4n) is 0.661. The van der Waals surface area contributed by atoms with Crippen molar-refractivity contribution in [2.75, 3.05) is 7.05 Å². The first kappa shape index (κ1) is 5.37. The van der Waals surface area contributed by atoms with Crippen LogP contribution in [0.1, 0.15) is 13.3 Å². The molecule has 0 aromatic carbocycles. The Bertz CT molecular complexity index is 117. The Morgan fingerprint density at radius 2 is 2.38 bits per heavy atom. The molecule has 1 rings (SSSR count). The van der Waals surface area contributed by atoms with E-state index in [9.17, 15) is 0 Å². The van der Waals surface area contributed by atoms with Gasteiger partial charge in [-0.2, -0.15) is 15.6 Å². The summed E-state index contributed by atoms with van der Waals surface area (Å²) in [5.74, 6) is 1.16. The molecule has 8 heavy (non-hydrogen) atoms. The molecule has 0 saturated heterocycles. The molecule has 0 bridgehead atoms. The zero-order valence-corrected chi connectivity index (χ0v) is 5.15. The minimum absolute atomic E-state index is 1.01. The molecule has 0 unspecified atom stereocenters. The van der Waals surface area contributed by atoms with Crippen molar-refractivity contribution in [3.8, 4) is 0 Å². The number of amidine groups is 1. The topological polar surface area (TPSA) is 39.1 Å². The SMILES string of the molecule is CCC1=[N+](C)NNN1. The first-order chi connectivity index (χ1) is 3.84. The molecule has 46 valence electrons. The summed E-state index contributed by atoms with van der Waals surface area (Å²) in [7, 11) is 1.95. The first-order valence-electron chi connectivity index (χ1n) is 2.71. The normalized spacial score (nSPS) is 18.2. The lowest BCUT2D eigenvalue weighted by atomic mass is 10.4. The van der Waals surface area contributed by atoms with Gasteiger partial charge in [0.1, 0.15) is 7.05 Å². The van der Waals surface area contributed by atoms with Crippen LogP contribution >= 0.6 is 0 Å². The largest absolute Gasteiger partial charge is 0.288 e. The molecule has 1 aliphatic rings. The van der Waals surface area contributed by atoms with E-state index in [1.54, 1.807) is 0 Å². The average Bonchev–Trinajstić information content (AvgIpc) is 2.14. The van der Waals surface area contributed by atoms with Crippen LogP contribution in [0.2, 0.25) is 0 Å². The molecule has 4 nitrogen and oxygen atoms in total. The van der Waals surface area contributed by atoms with Crippen LogP contribution < -0.4 is 16.5 Å². The predicted molar refractivity (Wildman–Crippen MR) is 30.9 cm³/mol. The van der Waals surface area contributed by atoms with Crippen LogP contribution in [0.25, 0.3) is 0 Å². The maximum atomic E-state index is 2.94. The van der Waals surface area contributed by atoms with Crippen LogP contribution in [0.4, 0.5) is 0 Å². The highest BCUT2D eigenvalue weighted by molar-refractivity contribution is 5.76. The minimum atomic E-state index is 1.01. The molecule has 0 atom stereocenters. The fourth-order valence-corrected chi connectivity index (χ4v) is 0.661. The molecule has 0 aromatic heterocycles. The lowest BCUT2D eigenvalue weighted by Crippen LogP contribution is -2.36. The van der Waals surface area contributed by atoms with Gasteiger partial charge in [0.05, 0.1) is 0 Å². The molecule has 4 heteroatoms. The highest BCUT2D eigenvalue weighted by Crippen LogP contribution is 1.78. The molecule has 0 spiro atoms.